The first kappa shape index (κ1) is 23.3. The van der Waals surface area contributed by atoms with Gasteiger partial charge in [0.05, 0.1) is 18.4 Å². The van der Waals surface area contributed by atoms with Gasteiger partial charge in [-0.15, -0.1) is 0 Å². The van der Waals surface area contributed by atoms with Crippen molar-refractivity contribution in [2.75, 3.05) is 45.2 Å². The van der Waals surface area contributed by atoms with Crippen LogP contribution in [0.3, 0.4) is 0 Å². The van der Waals surface area contributed by atoms with Crippen molar-refractivity contribution < 1.29 is 19.4 Å². The molecule has 2 N–H and O–H groups in total. The Bertz CT molecular complexity index is 1320. The monoisotopic (exact) mass is 478 g/mol. The molecule has 0 radical (unpaired) electrons. The standard InChI is InChI=1S/C25H30N6O4/c1-16-18(6-5-9-26-16)24(33)29-25-28-21-19(23-27-10-13-31(23)25)7-8-20(22(21)34-2)35-15-17(32)14-30-11-3-4-12-30/h5-9,17,27,32H,3-4,10-15H2,1-2H3. The molecule has 1 aromatic carbocycles. The number of aromatic nitrogens is 3. The van der Waals surface area contributed by atoms with Crippen LogP contribution in [0.4, 0.5) is 5.82 Å². The van der Waals surface area contributed by atoms with E-state index < -0.39 is 12.0 Å². The number of hydrogen-bond acceptors (Lipinski definition) is 8. The van der Waals surface area contributed by atoms with Crippen molar-refractivity contribution in [1.82, 2.24) is 19.4 Å². The van der Waals surface area contributed by atoms with E-state index in [1.54, 1.807) is 32.4 Å². The minimum atomic E-state index is -0.607. The van der Waals surface area contributed by atoms with E-state index in [0.29, 0.717) is 47.9 Å². The topological polar surface area (TPSA) is 114 Å². The largest absolute Gasteiger partial charge is 0.491 e. The van der Waals surface area contributed by atoms with Gasteiger partial charge in [-0.3, -0.25) is 14.3 Å². The van der Waals surface area contributed by atoms with Crippen LogP contribution in [0.25, 0.3) is 10.9 Å². The first-order valence-electron chi connectivity index (χ1n) is 11.9. The number of aliphatic hydroxyl groups excluding tert-OH is 1. The van der Waals surface area contributed by atoms with Gasteiger partial charge in [-0.1, -0.05) is 0 Å². The van der Waals surface area contributed by atoms with Crippen LogP contribution in [-0.4, -0.2) is 76.4 Å². The number of rotatable bonds is 7. The molecular weight excluding hydrogens is 448 g/mol. The molecule has 0 bridgehead atoms. The molecule has 2 aromatic heterocycles. The van der Waals surface area contributed by atoms with Crippen molar-refractivity contribution in [2.24, 2.45) is 4.99 Å². The van der Waals surface area contributed by atoms with Gasteiger partial charge in [0.1, 0.15) is 24.0 Å². The number of hydrogen-bond donors (Lipinski definition) is 2. The highest BCUT2D eigenvalue weighted by atomic mass is 16.5. The maximum atomic E-state index is 12.9. The van der Waals surface area contributed by atoms with Gasteiger partial charge in [-0.2, -0.15) is 4.99 Å². The van der Waals surface area contributed by atoms with E-state index in [1.807, 2.05) is 16.7 Å². The SMILES string of the molecule is COc1c(OCC(O)CN2CCCC2)ccc2c3n(c(=NC(=O)c4cccnc4C)nc12)CCN3. The summed E-state index contributed by atoms with van der Waals surface area (Å²) in [6, 6.07) is 7.16. The Labute approximate surface area is 203 Å². The molecule has 1 fully saturated rings. The third kappa shape index (κ3) is 4.71. The Balaban J connectivity index is 1.50. The Hall–Kier alpha value is -3.50. The van der Waals surface area contributed by atoms with Crippen LogP contribution < -0.4 is 20.4 Å². The van der Waals surface area contributed by atoms with Crippen LogP contribution in [0.2, 0.25) is 0 Å². The number of amides is 1. The molecule has 0 saturated carbocycles. The van der Waals surface area contributed by atoms with Crippen molar-refractivity contribution in [3.05, 3.63) is 47.3 Å². The highest BCUT2D eigenvalue weighted by Crippen LogP contribution is 2.37. The van der Waals surface area contributed by atoms with Gasteiger partial charge in [0.25, 0.3) is 5.91 Å². The molecule has 2 aliphatic heterocycles. The molecular formula is C25H30N6O4. The summed E-state index contributed by atoms with van der Waals surface area (Å²) >= 11 is 0. The smallest absolute Gasteiger partial charge is 0.282 e. The number of pyridine rings is 1. The number of carbonyl (C=O) groups is 1. The van der Waals surface area contributed by atoms with Crippen molar-refractivity contribution >= 4 is 22.6 Å². The molecule has 10 nitrogen and oxygen atoms in total. The van der Waals surface area contributed by atoms with Crippen LogP contribution in [0.5, 0.6) is 11.5 Å². The summed E-state index contributed by atoms with van der Waals surface area (Å²) in [5.74, 6) is 1.34. The van der Waals surface area contributed by atoms with E-state index in [4.69, 9.17) is 14.5 Å². The molecule has 5 rings (SSSR count). The van der Waals surface area contributed by atoms with Crippen LogP contribution in [0, 0.1) is 6.92 Å². The number of nitrogens with one attached hydrogen (secondary N) is 1. The fourth-order valence-corrected chi connectivity index (χ4v) is 4.71. The quantitative estimate of drug-likeness (QED) is 0.528. The second-order valence-electron chi connectivity index (χ2n) is 8.86. The summed E-state index contributed by atoms with van der Waals surface area (Å²) < 4.78 is 13.5. The molecule has 3 aromatic rings. The maximum Gasteiger partial charge on any atom is 0.282 e. The summed E-state index contributed by atoms with van der Waals surface area (Å²) in [4.78, 5) is 28.4. The zero-order valence-corrected chi connectivity index (χ0v) is 20.0. The molecule has 1 unspecified atom stereocenters. The first-order chi connectivity index (χ1) is 17.0. The lowest BCUT2D eigenvalue weighted by molar-refractivity contribution is 0.0748. The second kappa shape index (κ2) is 10.0. The van der Waals surface area contributed by atoms with E-state index in [-0.39, 0.29) is 12.2 Å². The van der Waals surface area contributed by atoms with Gasteiger partial charge in [-0.05, 0) is 57.1 Å². The molecule has 0 aliphatic carbocycles. The normalized spacial score (nSPS) is 16.8. The zero-order chi connectivity index (χ0) is 24.4. The first-order valence-corrected chi connectivity index (χ1v) is 11.9. The number of carbonyl (C=O) groups excluding carboxylic acids is 1. The Morgan fingerprint density at radius 1 is 1.26 bits per heavy atom. The average Bonchev–Trinajstić information content (AvgIpc) is 3.55. The van der Waals surface area contributed by atoms with E-state index >= 15 is 0 Å². The molecule has 1 saturated heterocycles. The Morgan fingerprint density at radius 2 is 2.09 bits per heavy atom. The van der Waals surface area contributed by atoms with E-state index in [0.717, 1.165) is 24.3 Å². The van der Waals surface area contributed by atoms with Crippen LogP contribution in [0.15, 0.2) is 35.5 Å². The number of aryl methyl sites for hydroxylation is 1. The number of aliphatic hydroxyl groups is 1. The minimum Gasteiger partial charge on any atom is -0.491 e. The minimum absolute atomic E-state index is 0.145. The summed E-state index contributed by atoms with van der Waals surface area (Å²) in [5, 5.41) is 14.7. The number of anilines is 1. The lowest BCUT2D eigenvalue weighted by Gasteiger charge is -2.20. The Morgan fingerprint density at radius 3 is 2.86 bits per heavy atom. The second-order valence-corrected chi connectivity index (χ2v) is 8.86. The lowest BCUT2D eigenvalue weighted by atomic mass is 10.2. The molecule has 184 valence electrons. The van der Waals surface area contributed by atoms with Crippen molar-refractivity contribution in [3.63, 3.8) is 0 Å². The Kier molecular flexibility index (Phi) is 6.65. The van der Waals surface area contributed by atoms with E-state index in [9.17, 15) is 9.90 Å². The van der Waals surface area contributed by atoms with Crippen molar-refractivity contribution in [1.29, 1.82) is 0 Å². The molecule has 1 amide bonds. The number of nitrogens with zero attached hydrogens (tertiary/aromatic N) is 5. The maximum absolute atomic E-state index is 12.9. The van der Waals surface area contributed by atoms with Gasteiger partial charge in [0, 0.05) is 31.2 Å². The number of ether oxygens (including phenoxy) is 2. The van der Waals surface area contributed by atoms with Crippen molar-refractivity contribution in [3.8, 4) is 11.5 Å². The molecule has 4 heterocycles. The fourth-order valence-electron chi connectivity index (χ4n) is 4.71. The molecule has 35 heavy (non-hydrogen) atoms. The molecule has 10 heteroatoms. The molecule has 0 spiro atoms. The van der Waals surface area contributed by atoms with Crippen molar-refractivity contribution in [2.45, 2.75) is 32.4 Å². The third-order valence-corrected chi connectivity index (χ3v) is 6.44. The van der Waals surface area contributed by atoms with E-state index in [2.05, 4.69) is 20.2 Å². The number of likely N-dealkylation sites (tertiary alicyclic amines) is 1. The van der Waals surface area contributed by atoms with Gasteiger partial charge >= 0.3 is 0 Å². The number of methoxy groups -OCH3 is 1. The molecule has 2 aliphatic rings. The van der Waals surface area contributed by atoms with Gasteiger partial charge in [0.2, 0.25) is 5.62 Å². The highest BCUT2D eigenvalue weighted by molar-refractivity contribution is 5.97. The summed E-state index contributed by atoms with van der Waals surface area (Å²) in [7, 11) is 1.55. The van der Waals surface area contributed by atoms with Gasteiger partial charge in [-0.25, -0.2) is 4.98 Å². The third-order valence-electron chi connectivity index (χ3n) is 6.44. The fraction of sp³-hybridized carbons (Fsp3) is 0.440. The zero-order valence-electron chi connectivity index (χ0n) is 20.0. The average molecular weight is 479 g/mol. The summed E-state index contributed by atoms with van der Waals surface area (Å²) in [6.07, 6.45) is 3.38. The lowest BCUT2D eigenvalue weighted by Crippen LogP contribution is -2.33. The number of β-amino-alcohol motifs (C(OH)–C–C–N with tert-alkyl or cyclic N) is 1. The van der Waals surface area contributed by atoms with Crippen LogP contribution >= 0.6 is 0 Å². The van der Waals surface area contributed by atoms with Crippen LogP contribution in [-0.2, 0) is 6.54 Å². The summed E-state index contributed by atoms with van der Waals surface area (Å²) in [5.41, 5.74) is 1.87. The summed E-state index contributed by atoms with van der Waals surface area (Å²) in [6.45, 7) is 5.87. The van der Waals surface area contributed by atoms with E-state index in [1.165, 1.54) is 12.8 Å². The number of fused-ring (bicyclic) bond motifs is 3. The predicted molar refractivity (Wildman–Crippen MR) is 131 cm³/mol. The predicted octanol–water partition coefficient (Wildman–Crippen LogP) is 1.75. The van der Waals surface area contributed by atoms with Crippen LogP contribution in [0.1, 0.15) is 28.9 Å². The van der Waals surface area contributed by atoms with Gasteiger partial charge < -0.3 is 24.8 Å². The molecule has 1 atom stereocenters. The number of benzene rings is 1. The highest BCUT2D eigenvalue weighted by Gasteiger charge is 2.22. The van der Waals surface area contributed by atoms with Gasteiger partial charge in [0.15, 0.2) is 11.5 Å².